The zero-order chi connectivity index (χ0) is 12.4. The summed E-state index contributed by atoms with van der Waals surface area (Å²) in [6.07, 6.45) is 3.12. The van der Waals surface area contributed by atoms with E-state index in [1.165, 1.54) is 6.33 Å². The number of nitrogens with zero attached hydrogens (tertiary/aromatic N) is 4. The lowest BCUT2D eigenvalue weighted by atomic mass is 10.2. The molecule has 0 aliphatic rings. The van der Waals surface area contributed by atoms with Gasteiger partial charge in [-0.3, -0.25) is 0 Å². The highest BCUT2D eigenvalue weighted by Gasteiger charge is 2.08. The Morgan fingerprint density at radius 2 is 1.83 bits per heavy atom. The molecule has 5 nitrogen and oxygen atoms in total. The normalized spacial score (nSPS) is 10.5. The summed E-state index contributed by atoms with van der Waals surface area (Å²) >= 11 is 0. The minimum absolute atomic E-state index is 0.437. The van der Waals surface area contributed by atoms with Crippen molar-refractivity contribution in [2.75, 3.05) is 7.11 Å². The van der Waals surface area contributed by atoms with Crippen molar-refractivity contribution in [1.29, 1.82) is 0 Å². The third kappa shape index (κ3) is 1.75. The molecule has 0 fully saturated rings. The van der Waals surface area contributed by atoms with E-state index in [1.807, 2.05) is 30.3 Å². The molecule has 0 bridgehead atoms. The quantitative estimate of drug-likeness (QED) is 0.684. The van der Waals surface area contributed by atoms with E-state index in [1.54, 1.807) is 13.3 Å². The Balaban J connectivity index is 2.18. The molecule has 2 heterocycles. The van der Waals surface area contributed by atoms with Gasteiger partial charge in [-0.05, 0) is 0 Å². The fourth-order valence-corrected chi connectivity index (χ4v) is 1.71. The van der Waals surface area contributed by atoms with Crippen LogP contribution in [0.25, 0.3) is 22.4 Å². The van der Waals surface area contributed by atoms with Gasteiger partial charge in [-0.2, -0.15) is 4.98 Å². The average Bonchev–Trinajstić information content (AvgIpc) is 2.47. The predicted octanol–water partition coefficient (Wildman–Crippen LogP) is 2.10. The Hall–Kier alpha value is -2.56. The second-order valence-electron chi connectivity index (χ2n) is 3.68. The molecule has 0 aliphatic heterocycles. The lowest BCUT2D eigenvalue weighted by Crippen LogP contribution is -1.96. The predicted molar refractivity (Wildman–Crippen MR) is 67.1 cm³/mol. The van der Waals surface area contributed by atoms with Crippen LogP contribution in [-0.4, -0.2) is 27.0 Å². The number of hydrogen-bond donors (Lipinski definition) is 0. The van der Waals surface area contributed by atoms with E-state index in [0.717, 1.165) is 11.3 Å². The molecule has 88 valence electrons. The Kier molecular flexibility index (Phi) is 2.57. The summed E-state index contributed by atoms with van der Waals surface area (Å²) in [5.74, 6) is 0.437. The first-order chi connectivity index (χ1) is 8.88. The Bertz CT molecular complexity index is 685. The average molecular weight is 238 g/mol. The summed E-state index contributed by atoms with van der Waals surface area (Å²) in [5.41, 5.74) is 2.89. The maximum Gasteiger partial charge on any atom is 0.245 e. The SMILES string of the molecule is COc1ncnc2nc(-c3ccccc3)cnc12. The van der Waals surface area contributed by atoms with E-state index in [9.17, 15) is 0 Å². The minimum Gasteiger partial charge on any atom is -0.479 e. The summed E-state index contributed by atoms with van der Waals surface area (Å²) in [5, 5.41) is 0. The molecule has 0 saturated heterocycles. The molecule has 0 N–H and O–H groups in total. The molecule has 0 aliphatic carbocycles. The van der Waals surface area contributed by atoms with Crippen molar-refractivity contribution in [3.05, 3.63) is 42.9 Å². The van der Waals surface area contributed by atoms with Crippen LogP contribution >= 0.6 is 0 Å². The van der Waals surface area contributed by atoms with Crippen LogP contribution in [0.15, 0.2) is 42.9 Å². The molecule has 0 saturated carbocycles. The van der Waals surface area contributed by atoms with Gasteiger partial charge < -0.3 is 4.74 Å². The number of aromatic nitrogens is 4. The van der Waals surface area contributed by atoms with E-state index >= 15 is 0 Å². The molecule has 5 heteroatoms. The highest BCUT2D eigenvalue weighted by Crippen LogP contribution is 2.21. The van der Waals surface area contributed by atoms with Crippen molar-refractivity contribution in [1.82, 2.24) is 19.9 Å². The monoisotopic (exact) mass is 238 g/mol. The fourth-order valence-electron chi connectivity index (χ4n) is 1.71. The lowest BCUT2D eigenvalue weighted by Gasteiger charge is -2.04. The molecule has 3 rings (SSSR count). The lowest BCUT2D eigenvalue weighted by molar-refractivity contribution is 0.401. The highest BCUT2D eigenvalue weighted by molar-refractivity contribution is 5.77. The first kappa shape index (κ1) is 10.6. The summed E-state index contributed by atoms with van der Waals surface area (Å²) in [6, 6.07) is 9.84. The molecular formula is C13H10N4O. The smallest absolute Gasteiger partial charge is 0.245 e. The van der Waals surface area contributed by atoms with Crippen molar-refractivity contribution >= 4 is 11.2 Å². The van der Waals surface area contributed by atoms with Crippen LogP contribution in [0.3, 0.4) is 0 Å². The molecule has 0 unspecified atom stereocenters. The third-order valence-electron chi connectivity index (χ3n) is 2.57. The largest absolute Gasteiger partial charge is 0.479 e. The molecule has 1 aromatic carbocycles. The second kappa shape index (κ2) is 4.37. The summed E-state index contributed by atoms with van der Waals surface area (Å²) in [7, 11) is 1.55. The zero-order valence-electron chi connectivity index (χ0n) is 9.74. The van der Waals surface area contributed by atoms with Gasteiger partial charge >= 0.3 is 0 Å². The van der Waals surface area contributed by atoms with Crippen molar-refractivity contribution in [2.45, 2.75) is 0 Å². The summed E-state index contributed by atoms with van der Waals surface area (Å²) in [6.45, 7) is 0. The fraction of sp³-hybridized carbons (Fsp3) is 0.0769. The van der Waals surface area contributed by atoms with Gasteiger partial charge in [0, 0.05) is 5.56 Å². The van der Waals surface area contributed by atoms with Crippen LogP contribution in [-0.2, 0) is 0 Å². The van der Waals surface area contributed by atoms with E-state index < -0.39 is 0 Å². The van der Waals surface area contributed by atoms with Crippen LogP contribution in [0, 0.1) is 0 Å². The molecule has 0 spiro atoms. The van der Waals surface area contributed by atoms with Crippen LogP contribution in [0.1, 0.15) is 0 Å². The van der Waals surface area contributed by atoms with Gasteiger partial charge in [0.2, 0.25) is 5.88 Å². The Morgan fingerprint density at radius 3 is 2.61 bits per heavy atom. The van der Waals surface area contributed by atoms with E-state index in [4.69, 9.17) is 4.74 Å². The molecule has 2 aromatic heterocycles. The number of benzene rings is 1. The number of ether oxygens (including phenoxy) is 1. The van der Waals surface area contributed by atoms with Crippen molar-refractivity contribution in [2.24, 2.45) is 0 Å². The van der Waals surface area contributed by atoms with Gasteiger partial charge in [-0.15, -0.1) is 0 Å². The standard InChI is InChI=1S/C13H10N4O/c1-18-13-11-12(15-8-16-13)17-10(7-14-11)9-5-3-2-4-6-9/h2-8H,1H3. The van der Waals surface area contributed by atoms with Gasteiger partial charge in [-0.25, -0.2) is 15.0 Å². The molecule has 0 atom stereocenters. The first-order valence-corrected chi connectivity index (χ1v) is 5.45. The van der Waals surface area contributed by atoms with Crippen LogP contribution in [0.2, 0.25) is 0 Å². The van der Waals surface area contributed by atoms with Gasteiger partial charge in [0.05, 0.1) is 19.0 Å². The maximum absolute atomic E-state index is 5.12. The van der Waals surface area contributed by atoms with Gasteiger partial charge in [0.1, 0.15) is 6.33 Å². The Morgan fingerprint density at radius 1 is 1.00 bits per heavy atom. The van der Waals surface area contributed by atoms with Gasteiger partial charge in [0.25, 0.3) is 0 Å². The topological polar surface area (TPSA) is 60.8 Å². The number of hydrogen-bond acceptors (Lipinski definition) is 5. The van der Waals surface area contributed by atoms with Crippen LogP contribution in [0.5, 0.6) is 5.88 Å². The zero-order valence-corrected chi connectivity index (χ0v) is 9.74. The summed E-state index contributed by atoms with van der Waals surface area (Å²) in [4.78, 5) is 16.9. The summed E-state index contributed by atoms with van der Waals surface area (Å²) < 4.78 is 5.12. The van der Waals surface area contributed by atoms with Crippen LogP contribution < -0.4 is 4.74 Å². The van der Waals surface area contributed by atoms with E-state index in [0.29, 0.717) is 17.0 Å². The second-order valence-corrected chi connectivity index (χ2v) is 3.68. The third-order valence-corrected chi connectivity index (χ3v) is 2.57. The molecular weight excluding hydrogens is 228 g/mol. The first-order valence-electron chi connectivity index (χ1n) is 5.45. The molecule has 0 amide bonds. The van der Waals surface area contributed by atoms with Gasteiger partial charge in [-0.1, -0.05) is 30.3 Å². The number of rotatable bonds is 2. The van der Waals surface area contributed by atoms with E-state index in [-0.39, 0.29) is 0 Å². The highest BCUT2D eigenvalue weighted by atomic mass is 16.5. The maximum atomic E-state index is 5.12. The van der Waals surface area contributed by atoms with Crippen molar-refractivity contribution in [3.63, 3.8) is 0 Å². The van der Waals surface area contributed by atoms with Crippen molar-refractivity contribution in [3.8, 4) is 17.1 Å². The molecule has 0 radical (unpaired) electrons. The molecule has 3 aromatic rings. The van der Waals surface area contributed by atoms with E-state index in [2.05, 4.69) is 19.9 Å². The number of fused-ring (bicyclic) bond motifs is 1. The number of methoxy groups -OCH3 is 1. The minimum atomic E-state index is 0.437. The Labute approximate surface area is 104 Å². The van der Waals surface area contributed by atoms with Crippen molar-refractivity contribution < 1.29 is 4.74 Å². The van der Waals surface area contributed by atoms with Crippen LogP contribution in [0.4, 0.5) is 0 Å². The van der Waals surface area contributed by atoms with Gasteiger partial charge in [0.15, 0.2) is 11.2 Å². The molecule has 18 heavy (non-hydrogen) atoms.